The number of hydrogen-bond donors (Lipinski definition) is 2. The van der Waals surface area contributed by atoms with E-state index in [1.807, 2.05) is 0 Å². The van der Waals surface area contributed by atoms with Crippen molar-refractivity contribution < 1.29 is 38.2 Å². The highest BCUT2D eigenvalue weighted by Gasteiger charge is 2.27. The molecule has 2 unspecified atom stereocenters. The van der Waals surface area contributed by atoms with Gasteiger partial charge in [-0.3, -0.25) is 14.4 Å². The summed E-state index contributed by atoms with van der Waals surface area (Å²) in [6.07, 6.45) is 0. The molecule has 2 atom stereocenters. The quantitative estimate of drug-likeness (QED) is 0.326. The lowest BCUT2D eigenvalue weighted by molar-refractivity contribution is -0.143. The Morgan fingerprint density at radius 3 is 1.37 bits per heavy atom. The Bertz CT molecular complexity index is 1230. The zero-order chi connectivity index (χ0) is 27.7. The lowest BCUT2D eigenvalue weighted by atomic mass is 10.0. The molecule has 0 radical (unpaired) electrons. The minimum Gasteiger partial charge on any atom is -0.467 e. The third-order valence-corrected chi connectivity index (χ3v) is 5.38. The summed E-state index contributed by atoms with van der Waals surface area (Å²) < 4.78 is 14.8. The Morgan fingerprint density at radius 2 is 1.03 bits per heavy atom. The number of rotatable bonds is 9. The fourth-order valence-electron chi connectivity index (χ4n) is 3.60. The molecule has 0 fully saturated rings. The molecule has 0 saturated carbocycles. The van der Waals surface area contributed by atoms with Crippen molar-refractivity contribution in [3.63, 3.8) is 0 Å². The van der Waals surface area contributed by atoms with Crippen LogP contribution in [0.2, 0.25) is 0 Å². The largest absolute Gasteiger partial charge is 0.467 e. The molecule has 0 heterocycles. The highest BCUT2D eigenvalue weighted by molar-refractivity contribution is 6.02. The van der Waals surface area contributed by atoms with Gasteiger partial charge in [0.25, 0.3) is 11.8 Å². The third kappa shape index (κ3) is 7.03. The van der Waals surface area contributed by atoms with E-state index in [4.69, 9.17) is 14.2 Å². The summed E-state index contributed by atoms with van der Waals surface area (Å²) in [5.41, 5.74) is 0.803. The second kappa shape index (κ2) is 12.8. The first-order valence-corrected chi connectivity index (χ1v) is 11.4. The minimum atomic E-state index is -1.13. The van der Waals surface area contributed by atoms with Gasteiger partial charge in [0.2, 0.25) is 0 Å². The number of methoxy groups -OCH3 is 2. The minimum absolute atomic E-state index is 0.0759. The number of carbonyl (C=O) groups is 5. The lowest BCUT2D eigenvalue weighted by Crippen LogP contribution is -2.36. The summed E-state index contributed by atoms with van der Waals surface area (Å²) in [7, 11) is 2.39. The second-order valence-electron chi connectivity index (χ2n) is 8.02. The van der Waals surface area contributed by atoms with Crippen molar-refractivity contribution in [3.05, 3.63) is 101 Å². The summed E-state index contributed by atoms with van der Waals surface area (Å²) in [4.78, 5) is 62.8. The molecular weight excluding hydrogens is 492 g/mol. The first-order chi connectivity index (χ1) is 18.2. The van der Waals surface area contributed by atoms with Crippen LogP contribution < -0.4 is 15.4 Å². The van der Waals surface area contributed by atoms with Gasteiger partial charge in [0, 0.05) is 18.1 Å². The maximum Gasteiger partial charge on any atom is 0.333 e. The predicted molar refractivity (Wildman–Crippen MR) is 135 cm³/mol. The molecule has 0 saturated heterocycles. The Labute approximate surface area is 218 Å². The van der Waals surface area contributed by atoms with Gasteiger partial charge in [-0.15, -0.1) is 0 Å². The molecule has 0 aliphatic rings. The van der Waals surface area contributed by atoms with Gasteiger partial charge < -0.3 is 24.8 Å². The first-order valence-electron chi connectivity index (χ1n) is 11.4. The van der Waals surface area contributed by atoms with E-state index in [2.05, 4.69) is 10.6 Å². The summed E-state index contributed by atoms with van der Waals surface area (Å²) in [6.45, 7) is 1.16. The van der Waals surface area contributed by atoms with Crippen LogP contribution in [0.3, 0.4) is 0 Å². The number of benzene rings is 3. The van der Waals surface area contributed by atoms with Crippen LogP contribution in [0, 0.1) is 0 Å². The number of amides is 2. The van der Waals surface area contributed by atoms with Crippen molar-refractivity contribution in [2.45, 2.75) is 19.0 Å². The number of esters is 3. The average molecular weight is 519 g/mol. The Kier molecular flexibility index (Phi) is 9.31. The summed E-state index contributed by atoms with van der Waals surface area (Å²) in [5, 5.41) is 5.16. The van der Waals surface area contributed by atoms with E-state index in [1.54, 1.807) is 60.7 Å². The zero-order valence-corrected chi connectivity index (χ0v) is 20.9. The maximum atomic E-state index is 13.2. The molecule has 38 heavy (non-hydrogen) atoms. The highest BCUT2D eigenvalue weighted by atomic mass is 16.5. The second-order valence-corrected chi connectivity index (χ2v) is 8.02. The van der Waals surface area contributed by atoms with E-state index in [0.717, 1.165) is 6.92 Å². The number of carbonyl (C=O) groups excluding carboxylic acids is 5. The molecule has 3 aromatic carbocycles. The van der Waals surface area contributed by atoms with Crippen LogP contribution >= 0.6 is 0 Å². The molecule has 196 valence electrons. The molecule has 2 amide bonds. The van der Waals surface area contributed by atoms with Crippen molar-refractivity contribution in [3.8, 4) is 5.75 Å². The van der Waals surface area contributed by atoms with Crippen LogP contribution in [0.15, 0.2) is 78.9 Å². The van der Waals surface area contributed by atoms with Gasteiger partial charge in [0.1, 0.15) is 5.75 Å². The molecule has 0 aliphatic heterocycles. The maximum absolute atomic E-state index is 13.2. The monoisotopic (exact) mass is 518 g/mol. The van der Waals surface area contributed by atoms with Crippen LogP contribution in [0.25, 0.3) is 0 Å². The van der Waals surface area contributed by atoms with Gasteiger partial charge in [0.15, 0.2) is 12.1 Å². The van der Waals surface area contributed by atoms with E-state index in [1.165, 1.54) is 32.4 Å². The molecule has 0 aliphatic carbocycles. The molecule has 2 N–H and O–H groups in total. The van der Waals surface area contributed by atoms with Gasteiger partial charge in [-0.2, -0.15) is 0 Å². The van der Waals surface area contributed by atoms with Crippen LogP contribution in [0.4, 0.5) is 0 Å². The lowest BCUT2D eigenvalue weighted by Gasteiger charge is -2.19. The van der Waals surface area contributed by atoms with E-state index >= 15 is 0 Å². The van der Waals surface area contributed by atoms with E-state index in [0.29, 0.717) is 11.1 Å². The van der Waals surface area contributed by atoms with Crippen molar-refractivity contribution >= 4 is 29.7 Å². The molecule has 0 spiro atoms. The molecule has 10 nitrogen and oxygen atoms in total. The summed E-state index contributed by atoms with van der Waals surface area (Å²) in [5.74, 6) is -3.65. The van der Waals surface area contributed by atoms with Crippen LogP contribution in [-0.4, -0.2) is 43.9 Å². The van der Waals surface area contributed by atoms with Gasteiger partial charge in [-0.05, 0) is 29.3 Å². The molecule has 0 aromatic heterocycles. The number of ether oxygens (including phenoxy) is 3. The molecule has 0 bridgehead atoms. The molecule has 10 heteroatoms. The summed E-state index contributed by atoms with van der Waals surface area (Å²) >= 11 is 0. The fourth-order valence-corrected chi connectivity index (χ4v) is 3.60. The average Bonchev–Trinajstić information content (AvgIpc) is 2.93. The standard InChI is InChI=1S/C28H26N2O8/c1-17(31)38-22-15-20(25(32)29-23(27(34)36-2)18-10-6-4-7-11-18)14-21(16-22)26(33)30-24(28(35)37-3)19-12-8-5-9-13-19/h4-16,23-24H,1-3H3,(H,29,32)(H,30,33). The molecule has 3 aromatic rings. The Morgan fingerprint density at radius 1 is 0.632 bits per heavy atom. The van der Waals surface area contributed by atoms with Crippen LogP contribution in [0.5, 0.6) is 5.75 Å². The van der Waals surface area contributed by atoms with Crippen LogP contribution in [-0.2, 0) is 23.9 Å². The van der Waals surface area contributed by atoms with Gasteiger partial charge in [0.05, 0.1) is 14.2 Å². The van der Waals surface area contributed by atoms with E-state index in [9.17, 15) is 24.0 Å². The Hall–Kier alpha value is -4.99. The van der Waals surface area contributed by atoms with E-state index < -0.39 is 41.8 Å². The summed E-state index contributed by atoms with van der Waals surface area (Å²) in [6, 6.07) is 18.4. The third-order valence-electron chi connectivity index (χ3n) is 5.38. The van der Waals surface area contributed by atoms with Gasteiger partial charge in [-0.1, -0.05) is 60.7 Å². The smallest absolute Gasteiger partial charge is 0.333 e. The van der Waals surface area contributed by atoms with E-state index in [-0.39, 0.29) is 16.9 Å². The predicted octanol–water partition coefficient (Wildman–Crippen LogP) is 2.90. The fraction of sp³-hybridized carbons (Fsp3) is 0.179. The van der Waals surface area contributed by atoms with Crippen LogP contribution in [0.1, 0.15) is 50.9 Å². The first kappa shape index (κ1) is 27.6. The normalized spacial score (nSPS) is 11.9. The number of nitrogens with one attached hydrogen (secondary N) is 2. The van der Waals surface area contributed by atoms with Gasteiger partial charge in [-0.25, -0.2) is 9.59 Å². The zero-order valence-electron chi connectivity index (χ0n) is 20.9. The van der Waals surface area contributed by atoms with Crippen molar-refractivity contribution in [1.29, 1.82) is 0 Å². The SMILES string of the molecule is COC(=O)C(NC(=O)c1cc(OC(C)=O)cc(C(=O)NC(C(=O)OC)c2ccccc2)c1)c1ccccc1. The van der Waals surface area contributed by atoms with Crippen molar-refractivity contribution in [2.24, 2.45) is 0 Å². The van der Waals surface area contributed by atoms with Crippen molar-refractivity contribution in [2.75, 3.05) is 14.2 Å². The highest BCUT2D eigenvalue weighted by Crippen LogP contribution is 2.22. The van der Waals surface area contributed by atoms with Crippen molar-refractivity contribution in [1.82, 2.24) is 10.6 Å². The Balaban J connectivity index is 1.95. The molecule has 3 rings (SSSR count). The number of hydrogen-bond acceptors (Lipinski definition) is 8. The topological polar surface area (TPSA) is 137 Å². The molecular formula is C28H26N2O8. The van der Waals surface area contributed by atoms with Gasteiger partial charge >= 0.3 is 17.9 Å².